The Morgan fingerprint density at radius 2 is 1.91 bits per heavy atom. The lowest BCUT2D eigenvalue weighted by Gasteiger charge is -2.18. The van der Waals surface area contributed by atoms with E-state index in [1.165, 1.54) is 0 Å². The zero-order valence-corrected chi connectivity index (χ0v) is 13.0. The summed E-state index contributed by atoms with van der Waals surface area (Å²) >= 11 is 0. The van der Waals surface area contributed by atoms with Crippen molar-refractivity contribution in [2.45, 2.75) is 0 Å². The number of ether oxygens (including phenoxy) is 1. The second-order valence-corrected chi connectivity index (χ2v) is 6.59. The first-order valence-corrected chi connectivity index (χ1v) is 7.78. The van der Waals surface area contributed by atoms with Gasteiger partial charge in [-0.2, -0.15) is 0 Å². The molecule has 1 N–H and O–H groups in total. The molecule has 2 aliphatic heterocycles. The minimum Gasteiger partial charge on any atom is -0.497 e. The highest BCUT2D eigenvalue weighted by Crippen LogP contribution is 2.31. The SMILES string of the molecule is COc1ccc2[nH]c(C(=O)N3C[C@H]4CN(C)C[C@H]4C3)cc2c1. The molecule has 116 valence electrons. The van der Waals surface area contributed by atoms with E-state index in [-0.39, 0.29) is 5.91 Å². The maximum absolute atomic E-state index is 12.7. The number of carbonyl (C=O) groups is 1. The molecule has 22 heavy (non-hydrogen) atoms. The van der Waals surface area contributed by atoms with E-state index in [1.54, 1.807) is 7.11 Å². The molecule has 0 radical (unpaired) electrons. The third-order valence-electron chi connectivity index (χ3n) is 5.01. The van der Waals surface area contributed by atoms with Gasteiger partial charge in [0.05, 0.1) is 7.11 Å². The topological polar surface area (TPSA) is 48.6 Å². The van der Waals surface area contributed by atoms with Gasteiger partial charge in [0, 0.05) is 37.1 Å². The van der Waals surface area contributed by atoms with Gasteiger partial charge in [-0.05, 0) is 43.1 Å². The summed E-state index contributed by atoms with van der Waals surface area (Å²) < 4.78 is 5.24. The van der Waals surface area contributed by atoms with Crippen LogP contribution in [0.2, 0.25) is 0 Å². The third-order valence-corrected chi connectivity index (χ3v) is 5.01. The Kier molecular flexibility index (Phi) is 3.11. The number of carbonyl (C=O) groups excluding carboxylic acids is 1. The lowest BCUT2D eigenvalue weighted by Crippen LogP contribution is -2.32. The molecule has 3 heterocycles. The standard InChI is InChI=1S/C17H21N3O2/c1-19-7-12-9-20(10-13(12)8-19)17(21)16-6-11-5-14(22-2)3-4-15(11)18-16/h3-6,12-13,18H,7-10H2,1-2H3/t12-,13+. The van der Waals surface area contributed by atoms with Crippen LogP contribution in [0, 0.1) is 11.8 Å². The fourth-order valence-corrected chi connectivity index (χ4v) is 3.92. The molecule has 5 nitrogen and oxygen atoms in total. The lowest BCUT2D eigenvalue weighted by atomic mass is 10.0. The Balaban J connectivity index is 1.56. The number of amides is 1. The summed E-state index contributed by atoms with van der Waals surface area (Å²) in [4.78, 5) is 20.3. The minimum absolute atomic E-state index is 0.118. The number of hydrogen-bond donors (Lipinski definition) is 1. The number of fused-ring (bicyclic) bond motifs is 2. The van der Waals surface area contributed by atoms with Crippen molar-refractivity contribution in [3.05, 3.63) is 30.0 Å². The largest absolute Gasteiger partial charge is 0.497 e. The van der Waals surface area contributed by atoms with Crippen molar-refractivity contribution in [1.29, 1.82) is 0 Å². The summed E-state index contributed by atoms with van der Waals surface area (Å²) in [6, 6.07) is 7.75. The Labute approximate surface area is 129 Å². The molecule has 1 aromatic heterocycles. The molecule has 0 unspecified atom stereocenters. The summed E-state index contributed by atoms with van der Waals surface area (Å²) in [5.74, 6) is 2.20. The van der Waals surface area contributed by atoms with Crippen molar-refractivity contribution >= 4 is 16.8 Å². The second-order valence-electron chi connectivity index (χ2n) is 6.59. The van der Waals surface area contributed by atoms with Gasteiger partial charge in [-0.3, -0.25) is 4.79 Å². The van der Waals surface area contributed by atoms with Gasteiger partial charge in [0.25, 0.3) is 5.91 Å². The van der Waals surface area contributed by atoms with Gasteiger partial charge in [-0.1, -0.05) is 0 Å². The monoisotopic (exact) mass is 299 g/mol. The number of hydrogen-bond acceptors (Lipinski definition) is 3. The van der Waals surface area contributed by atoms with Gasteiger partial charge >= 0.3 is 0 Å². The summed E-state index contributed by atoms with van der Waals surface area (Å²) in [7, 11) is 3.81. The van der Waals surface area contributed by atoms with E-state index in [2.05, 4.69) is 16.9 Å². The molecular formula is C17H21N3O2. The molecule has 2 fully saturated rings. The van der Waals surface area contributed by atoms with Gasteiger partial charge in [0.1, 0.15) is 11.4 Å². The minimum atomic E-state index is 0.118. The van der Waals surface area contributed by atoms with Crippen molar-refractivity contribution in [2.75, 3.05) is 40.3 Å². The van der Waals surface area contributed by atoms with Crippen LogP contribution in [0.15, 0.2) is 24.3 Å². The Morgan fingerprint density at radius 3 is 2.59 bits per heavy atom. The van der Waals surface area contributed by atoms with Crippen LogP contribution >= 0.6 is 0 Å². The number of H-pyrrole nitrogens is 1. The van der Waals surface area contributed by atoms with E-state index in [9.17, 15) is 4.79 Å². The van der Waals surface area contributed by atoms with Gasteiger partial charge < -0.3 is 19.5 Å². The first-order valence-electron chi connectivity index (χ1n) is 7.78. The highest BCUT2D eigenvalue weighted by Gasteiger charge is 2.40. The summed E-state index contributed by atoms with van der Waals surface area (Å²) in [5, 5.41) is 1.02. The van der Waals surface area contributed by atoms with E-state index in [1.807, 2.05) is 29.2 Å². The summed E-state index contributed by atoms with van der Waals surface area (Å²) in [5.41, 5.74) is 1.65. The number of aromatic nitrogens is 1. The molecule has 5 heteroatoms. The number of benzene rings is 1. The summed E-state index contributed by atoms with van der Waals surface area (Å²) in [6.45, 7) is 3.98. The average molecular weight is 299 g/mol. The van der Waals surface area contributed by atoms with E-state index in [0.29, 0.717) is 17.5 Å². The second kappa shape index (κ2) is 5.02. The number of likely N-dealkylation sites (tertiary alicyclic amines) is 2. The molecule has 2 aromatic rings. The number of nitrogens with one attached hydrogen (secondary N) is 1. The Hall–Kier alpha value is -2.01. The molecule has 4 rings (SSSR count). The quantitative estimate of drug-likeness (QED) is 0.920. The van der Waals surface area contributed by atoms with Crippen LogP contribution in [0.5, 0.6) is 5.75 Å². The highest BCUT2D eigenvalue weighted by atomic mass is 16.5. The molecule has 0 bridgehead atoms. The van der Waals surface area contributed by atoms with Gasteiger partial charge in [-0.25, -0.2) is 0 Å². The molecule has 1 amide bonds. The molecule has 2 atom stereocenters. The molecule has 0 aliphatic carbocycles. The van der Waals surface area contributed by atoms with Crippen LogP contribution in [0.25, 0.3) is 10.9 Å². The van der Waals surface area contributed by atoms with Gasteiger partial charge in [-0.15, -0.1) is 0 Å². The molecular weight excluding hydrogens is 278 g/mol. The Morgan fingerprint density at radius 1 is 1.18 bits per heavy atom. The van der Waals surface area contributed by atoms with Crippen LogP contribution in [0.1, 0.15) is 10.5 Å². The fraction of sp³-hybridized carbons (Fsp3) is 0.471. The van der Waals surface area contributed by atoms with Crippen molar-refractivity contribution in [3.8, 4) is 5.75 Å². The smallest absolute Gasteiger partial charge is 0.270 e. The predicted molar refractivity (Wildman–Crippen MR) is 85.2 cm³/mol. The highest BCUT2D eigenvalue weighted by molar-refractivity contribution is 5.98. The number of aromatic amines is 1. The van der Waals surface area contributed by atoms with E-state index < -0.39 is 0 Å². The first kappa shape index (κ1) is 13.6. The van der Waals surface area contributed by atoms with Crippen LogP contribution < -0.4 is 4.74 Å². The number of methoxy groups -OCH3 is 1. The third kappa shape index (κ3) is 2.16. The summed E-state index contributed by atoms with van der Waals surface area (Å²) in [6.07, 6.45) is 0. The van der Waals surface area contributed by atoms with Crippen LogP contribution in [-0.4, -0.2) is 61.0 Å². The van der Waals surface area contributed by atoms with Crippen molar-refractivity contribution in [3.63, 3.8) is 0 Å². The van der Waals surface area contributed by atoms with E-state index >= 15 is 0 Å². The van der Waals surface area contributed by atoms with E-state index in [4.69, 9.17) is 4.74 Å². The Bertz CT molecular complexity index is 710. The van der Waals surface area contributed by atoms with Crippen molar-refractivity contribution in [2.24, 2.45) is 11.8 Å². The molecule has 2 aliphatic rings. The molecule has 0 spiro atoms. The first-order chi connectivity index (χ1) is 10.6. The maximum Gasteiger partial charge on any atom is 0.270 e. The van der Waals surface area contributed by atoms with Crippen LogP contribution in [0.3, 0.4) is 0 Å². The molecule has 0 saturated carbocycles. The zero-order chi connectivity index (χ0) is 15.3. The van der Waals surface area contributed by atoms with Gasteiger partial charge in [0.15, 0.2) is 0 Å². The van der Waals surface area contributed by atoms with Crippen LogP contribution in [0.4, 0.5) is 0 Å². The molecule has 1 aromatic carbocycles. The molecule has 2 saturated heterocycles. The van der Waals surface area contributed by atoms with E-state index in [0.717, 1.165) is 42.8 Å². The predicted octanol–water partition coefficient (Wildman–Crippen LogP) is 1.81. The van der Waals surface area contributed by atoms with Crippen molar-refractivity contribution in [1.82, 2.24) is 14.8 Å². The van der Waals surface area contributed by atoms with Crippen molar-refractivity contribution < 1.29 is 9.53 Å². The zero-order valence-electron chi connectivity index (χ0n) is 13.0. The van der Waals surface area contributed by atoms with Crippen LogP contribution in [-0.2, 0) is 0 Å². The lowest BCUT2D eigenvalue weighted by molar-refractivity contribution is 0.0771. The fourth-order valence-electron chi connectivity index (χ4n) is 3.92. The number of nitrogens with zero attached hydrogens (tertiary/aromatic N) is 2. The van der Waals surface area contributed by atoms with Gasteiger partial charge in [0.2, 0.25) is 0 Å². The maximum atomic E-state index is 12.7. The number of rotatable bonds is 2. The normalized spacial score (nSPS) is 24.9. The average Bonchev–Trinajstić information content (AvgIpc) is 3.17.